The van der Waals surface area contributed by atoms with E-state index in [0.717, 1.165) is 13.2 Å². The van der Waals surface area contributed by atoms with Crippen LogP contribution < -0.4 is 13.2 Å². The van der Waals surface area contributed by atoms with Gasteiger partial charge in [-0.25, -0.2) is 0 Å². The molecular weight excluding hydrogens is 381 g/mol. The summed E-state index contributed by atoms with van der Waals surface area (Å²) < 4.78 is 8.98. The Balaban J connectivity index is 2.09. The molecule has 0 fully saturated rings. The second-order valence-corrected chi connectivity index (χ2v) is 13.9. The average Bonchev–Trinajstić information content (AvgIpc) is 3.26. The molecule has 0 saturated carbocycles. The molecule has 0 saturated heterocycles. The quantitative estimate of drug-likeness (QED) is 0.483. The van der Waals surface area contributed by atoms with E-state index in [0.29, 0.717) is 5.76 Å². The van der Waals surface area contributed by atoms with Gasteiger partial charge in [0.05, 0.1) is 0 Å². The third-order valence-electron chi connectivity index (χ3n) is 4.71. The standard InChI is InChI=1S/C23H18GeO2/c25-23(22-17-10-18-26-22)24(19-11-4-1-5-12-19,20-13-6-2-7-14-20)21-15-8-3-9-16-21/h1-18H. The van der Waals surface area contributed by atoms with Gasteiger partial charge >= 0.3 is 155 Å². The fraction of sp³-hybridized carbons (Fsp3) is 0. The van der Waals surface area contributed by atoms with E-state index in [4.69, 9.17) is 4.42 Å². The molecule has 0 aliphatic rings. The van der Waals surface area contributed by atoms with Crippen LogP contribution in [0.1, 0.15) is 10.6 Å². The summed E-state index contributed by atoms with van der Waals surface area (Å²) in [6.07, 6.45) is 1.57. The number of furan rings is 1. The van der Waals surface area contributed by atoms with Crippen molar-refractivity contribution in [1.82, 2.24) is 0 Å². The fourth-order valence-corrected chi connectivity index (χ4v) is 12.7. The summed E-state index contributed by atoms with van der Waals surface area (Å²) in [6.45, 7) is 0. The number of carbonyl (C=O) groups is 1. The first-order valence-electron chi connectivity index (χ1n) is 8.58. The molecule has 1 heterocycles. The Morgan fingerprint density at radius 1 is 0.577 bits per heavy atom. The Morgan fingerprint density at radius 2 is 1.00 bits per heavy atom. The Labute approximate surface area is 155 Å². The van der Waals surface area contributed by atoms with Crippen molar-refractivity contribution in [3.05, 3.63) is 115 Å². The van der Waals surface area contributed by atoms with Crippen LogP contribution in [0.15, 0.2) is 114 Å². The van der Waals surface area contributed by atoms with E-state index in [1.807, 2.05) is 54.6 Å². The Morgan fingerprint density at radius 3 is 1.35 bits per heavy atom. The Hall–Kier alpha value is -2.85. The number of hydrogen-bond acceptors (Lipinski definition) is 2. The van der Waals surface area contributed by atoms with Gasteiger partial charge in [-0.05, 0) is 0 Å². The Kier molecular flexibility index (Phi) is 4.59. The number of benzene rings is 3. The van der Waals surface area contributed by atoms with Crippen LogP contribution in [0, 0.1) is 0 Å². The number of hydrogen-bond donors (Lipinski definition) is 0. The van der Waals surface area contributed by atoms with Crippen LogP contribution >= 0.6 is 0 Å². The van der Waals surface area contributed by atoms with Crippen molar-refractivity contribution in [3.8, 4) is 0 Å². The topological polar surface area (TPSA) is 30.2 Å². The second-order valence-electron chi connectivity index (χ2n) is 6.15. The third-order valence-corrected chi connectivity index (χ3v) is 14.2. The van der Waals surface area contributed by atoms with Gasteiger partial charge in [-0.2, -0.15) is 0 Å². The molecule has 2 nitrogen and oxygen atoms in total. The molecular formula is C23H18GeO2. The van der Waals surface area contributed by atoms with Gasteiger partial charge in [0.2, 0.25) is 0 Å². The van der Waals surface area contributed by atoms with Crippen LogP contribution in [0.4, 0.5) is 0 Å². The van der Waals surface area contributed by atoms with E-state index in [2.05, 4.69) is 36.4 Å². The molecule has 3 aromatic carbocycles. The summed E-state index contributed by atoms with van der Waals surface area (Å²) in [5, 5.41) is 0. The molecule has 26 heavy (non-hydrogen) atoms. The summed E-state index contributed by atoms with van der Waals surface area (Å²) in [5.41, 5.74) is 0. The first-order valence-corrected chi connectivity index (χ1v) is 12.8. The van der Waals surface area contributed by atoms with Crippen molar-refractivity contribution in [1.29, 1.82) is 0 Å². The molecule has 3 heteroatoms. The predicted molar refractivity (Wildman–Crippen MR) is 107 cm³/mol. The second kappa shape index (κ2) is 7.18. The van der Waals surface area contributed by atoms with Gasteiger partial charge < -0.3 is 0 Å². The number of carbonyl (C=O) groups excluding carboxylic acids is 1. The average molecular weight is 399 g/mol. The molecule has 0 amide bonds. The molecule has 0 spiro atoms. The van der Waals surface area contributed by atoms with Gasteiger partial charge in [-0.15, -0.1) is 0 Å². The Bertz CT molecular complexity index is 882. The molecule has 1 aromatic heterocycles. The maximum atomic E-state index is 13.9. The van der Waals surface area contributed by atoms with Crippen LogP contribution in [-0.2, 0) is 0 Å². The molecule has 4 aromatic rings. The molecule has 126 valence electrons. The van der Waals surface area contributed by atoms with Crippen LogP contribution in [0.3, 0.4) is 0 Å². The van der Waals surface area contributed by atoms with Gasteiger partial charge in [-0.3, -0.25) is 0 Å². The van der Waals surface area contributed by atoms with Crippen molar-refractivity contribution >= 4 is 31.1 Å². The van der Waals surface area contributed by atoms with Crippen molar-refractivity contribution in [3.63, 3.8) is 0 Å². The summed E-state index contributed by atoms with van der Waals surface area (Å²) in [4.78, 5) is 13.9. The third kappa shape index (κ3) is 2.72. The molecule has 0 N–H and O–H groups in total. The van der Waals surface area contributed by atoms with E-state index in [-0.39, 0.29) is 4.62 Å². The first kappa shape index (κ1) is 16.6. The SMILES string of the molecule is O=[C](c1ccco1)[Ge]([c]1ccccc1)([c]1ccccc1)[c]1ccccc1. The predicted octanol–water partition coefficient (Wildman–Crippen LogP) is 3.17. The molecule has 0 aliphatic heterocycles. The molecule has 0 atom stereocenters. The first-order chi connectivity index (χ1) is 12.8. The zero-order valence-corrected chi connectivity index (χ0v) is 16.3. The maximum absolute atomic E-state index is 13.9. The van der Waals surface area contributed by atoms with Crippen LogP contribution in [0.25, 0.3) is 0 Å². The minimum absolute atomic E-state index is 0.110. The van der Waals surface area contributed by atoms with Crippen molar-refractivity contribution in [2.45, 2.75) is 0 Å². The van der Waals surface area contributed by atoms with Crippen LogP contribution in [-0.4, -0.2) is 17.9 Å². The summed E-state index contributed by atoms with van der Waals surface area (Å²) >= 11 is -3.66. The molecule has 0 radical (unpaired) electrons. The van der Waals surface area contributed by atoms with E-state index in [1.165, 1.54) is 0 Å². The van der Waals surface area contributed by atoms with Gasteiger partial charge in [0.1, 0.15) is 0 Å². The monoisotopic (exact) mass is 400 g/mol. The summed E-state index contributed by atoms with van der Waals surface area (Å²) in [6, 6.07) is 34.1. The zero-order valence-electron chi connectivity index (χ0n) is 14.2. The van der Waals surface area contributed by atoms with E-state index in [1.54, 1.807) is 18.4 Å². The normalized spacial score (nSPS) is 11.2. The molecule has 0 aliphatic carbocycles. The molecule has 0 unspecified atom stereocenters. The fourth-order valence-electron chi connectivity index (χ4n) is 3.55. The molecule has 4 rings (SSSR count). The van der Waals surface area contributed by atoms with Crippen LogP contribution in [0.2, 0.25) is 0 Å². The van der Waals surface area contributed by atoms with Gasteiger partial charge in [0.25, 0.3) is 0 Å². The summed E-state index contributed by atoms with van der Waals surface area (Å²) in [7, 11) is 0. The van der Waals surface area contributed by atoms with E-state index >= 15 is 0 Å². The van der Waals surface area contributed by atoms with Crippen molar-refractivity contribution < 1.29 is 9.21 Å². The van der Waals surface area contributed by atoms with Crippen molar-refractivity contribution in [2.24, 2.45) is 0 Å². The molecule has 0 bridgehead atoms. The summed E-state index contributed by atoms with van der Waals surface area (Å²) in [5.74, 6) is 0.432. The zero-order chi connectivity index (χ0) is 17.8. The van der Waals surface area contributed by atoms with Crippen molar-refractivity contribution in [2.75, 3.05) is 0 Å². The van der Waals surface area contributed by atoms with E-state index in [9.17, 15) is 4.79 Å². The minimum atomic E-state index is -3.66. The van der Waals surface area contributed by atoms with Gasteiger partial charge in [0, 0.05) is 0 Å². The van der Waals surface area contributed by atoms with E-state index < -0.39 is 13.3 Å². The number of rotatable bonds is 5. The van der Waals surface area contributed by atoms with Gasteiger partial charge in [0.15, 0.2) is 0 Å². The van der Waals surface area contributed by atoms with Gasteiger partial charge in [-0.1, -0.05) is 0 Å². The van der Waals surface area contributed by atoms with Crippen LogP contribution in [0.5, 0.6) is 0 Å².